The molecule has 0 amide bonds. The van der Waals surface area contributed by atoms with Crippen LogP contribution in [0.25, 0.3) is 0 Å². The second-order valence-electron chi connectivity index (χ2n) is 2.82. The quantitative estimate of drug-likeness (QED) is 0.661. The fraction of sp³-hybridized carbons (Fsp3) is 0.333. The average molecular weight is 251 g/mol. The molecule has 0 aliphatic heterocycles. The molecule has 0 saturated heterocycles. The molecule has 0 unspecified atom stereocenters. The van der Waals surface area contributed by atoms with Gasteiger partial charge in [-0.25, -0.2) is 18.6 Å². The molecule has 0 bridgehead atoms. The summed E-state index contributed by atoms with van der Waals surface area (Å²) in [4.78, 5) is 14.8. The summed E-state index contributed by atoms with van der Waals surface area (Å²) >= 11 is 5.53. The topological polar surface area (TPSA) is 65.2 Å². The number of hydrogen-bond donors (Lipinski definition) is 1. The SMILES string of the molecule is CCOC(=O)c1cc(C(F)F)c(N)c(Cl)n1. The molecule has 1 aromatic heterocycles. The largest absolute Gasteiger partial charge is 0.461 e. The van der Waals surface area contributed by atoms with E-state index in [1.54, 1.807) is 6.92 Å². The van der Waals surface area contributed by atoms with E-state index in [1.165, 1.54) is 0 Å². The highest BCUT2D eigenvalue weighted by atomic mass is 35.5. The van der Waals surface area contributed by atoms with Gasteiger partial charge in [0, 0.05) is 5.56 Å². The Kier molecular flexibility index (Phi) is 4.00. The van der Waals surface area contributed by atoms with Crippen LogP contribution in [0.4, 0.5) is 14.5 Å². The summed E-state index contributed by atoms with van der Waals surface area (Å²) < 4.78 is 29.6. The number of aromatic nitrogens is 1. The molecular formula is C9H9ClF2N2O2. The molecule has 0 aromatic carbocycles. The molecule has 1 rings (SSSR count). The maximum atomic E-state index is 12.5. The number of carbonyl (C=O) groups excluding carboxylic acids is 1. The number of carbonyl (C=O) groups is 1. The summed E-state index contributed by atoms with van der Waals surface area (Å²) in [5.74, 6) is -0.814. The summed E-state index contributed by atoms with van der Waals surface area (Å²) in [5.41, 5.74) is 4.16. The predicted octanol–water partition coefficient (Wildman–Crippen LogP) is 2.43. The maximum absolute atomic E-state index is 12.5. The van der Waals surface area contributed by atoms with Crippen LogP contribution >= 0.6 is 11.6 Å². The van der Waals surface area contributed by atoms with Gasteiger partial charge in [-0.2, -0.15) is 0 Å². The number of rotatable bonds is 3. The Morgan fingerprint density at radius 3 is 2.81 bits per heavy atom. The van der Waals surface area contributed by atoms with E-state index in [0.29, 0.717) is 0 Å². The predicted molar refractivity (Wildman–Crippen MR) is 54.6 cm³/mol. The zero-order valence-corrected chi connectivity index (χ0v) is 9.09. The van der Waals surface area contributed by atoms with Gasteiger partial charge < -0.3 is 10.5 Å². The van der Waals surface area contributed by atoms with E-state index in [1.807, 2.05) is 0 Å². The minimum atomic E-state index is -2.83. The first-order valence-electron chi connectivity index (χ1n) is 4.38. The fourth-order valence-electron chi connectivity index (χ4n) is 1.03. The third kappa shape index (κ3) is 2.57. The van der Waals surface area contributed by atoms with Gasteiger partial charge in [0.25, 0.3) is 6.43 Å². The van der Waals surface area contributed by atoms with Crippen molar-refractivity contribution in [2.45, 2.75) is 13.3 Å². The zero-order chi connectivity index (χ0) is 12.3. The average Bonchev–Trinajstić information content (AvgIpc) is 2.21. The molecule has 0 radical (unpaired) electrons. The number of pyridine rings is 1. The van der Waals surface area contributed by atoms with Gasteiger partial charge in [-0.05, 0) is 13.0 Å². The number of anilines is 1. The number of hydrogen-bond acceptors (Lipinski definition) is 4. The van der Waals surface area contributed by atoms with Crippen molar-refractivity contribution in [3.05, 3.63) is 22.5 Å². The fourth-order valence-corrected chi connectivity index (χ4v) is 1.23. The number of nitrogens with two attached hydrogens (primary N) is 1. The van der Waals surface area contributed by atoms with Crippen LogP contribution in [0.2, 0.25) is 5.15 Å². The monoisotopic (exact) mass is 250 g/mol. The molecule has 1 aromatic rings. The van der Waals surface area contributed by atoms with Gasteiger partial charge in [-0.3, -0.25) is 0 Å². The van der Waals surface area contributed by atoms with Crippen LogP contribution < -0.4 is 5.73 Å². The van der Waals surface area contributed by atoms with Crippen molar-refractivity contribution in [2.24, 2.45) is 0 Å². The standard InChI is InChI=1S/C9H9ClF2N2O2/c1-2-16-9(15)5-3-4(8(11)12)6(13)7(10)14-5/h3,8H,2,13H2,1H3. The van der Waals surface area contributed by atoms with Crippen LogP contribution in [0.5, 0.6) is 0 Å². The molecule has 7 heteroatoms. The lowest BCUT2D eigenvalue weighted by Gasteiger charge is -2.08. The molecule has 4 nitrogen and oxygen atoms in total. The lowest BCUT2D eigenvalue weighted by atomic mass is 10.2. The molecule has 0 atom stereocenters. The Balaban J connectivity index is 3.18. The molecule has 0 aliphatic carbocycles. The minimum Gasteiger partial charge on any atom is -0.461 e. The summed E-state index contributed by atoms with van der Waals surface area (Å²) in [5, 5.41) is -0.333. The third-order valence-corrected chi connectivity index (χ3v) is 2.05. The second-order valence-corrected chi connectivity index (χ2v) is 3.18. The number of nitrogens with zero attached hydrogens (tertiary/aromatic N) is 1. The van der Waals surface area contributed by atoms with Crippen LogP contribution in [0.15, 0.2) is 6.07 Å². The Morgan fingerprint density at radius 1 is 1.69 bits per heavy atom. The molecule has 0 aliphatic rings. The van der Waals surface area contributed by atoms with E-state index in [4.69, 9.17) is 17.3 Å². The molecule has 16 heavy (non-hydrogen) atoms. The van der Waals surface area contributed by atoms with Crippen molar-refractivity contribution in [2.75, 3.05) is 12.3 Å². The lowest BCUT2D eigenvalue weighted by Crippen LogP contribution is -2.10. The van der Waals surface area contributed by atoms with E-state index in [2.05, 4.69) is 9.72 Å². The normalized spacial score (nSPS) is 10.6. The zero-order valence-electron chi connectivity index (χ0n) is 8.34. The van der Waals surface area contributed by atoms with Gasteiger partial charge in [-0.1, -0.05) is 11.6 Å². The van der Waals surface area contributed by atoms with Gasteiger partial charge in [0.05, 0.1) is 12.3 Å². The van der Waals surface area contributed by atoms with Crippen molar-refractivity contribution in [3.8, 4) is 0 Å². The van der Waals surface area contributed by atoms with E-state index >= 15 is 0 Å². The van der Waals surface area contributed by atoms with Crippen molar-refractivity contribution in [1.29, 1.82) is 0 Å². The van der Waals surface area contributed by atoms with Gasteiger partial charge >= 0.3 is 5.97 Å². The van der Waals surface area contributed by atoms with Crippen molar-refractivity contribution in [3.63, 3.8) is 0 Å². The number of esters is 1. The molecular weight excluding hydrogens is 242 g/mol. The highest BCUT2D eigenvalue weighted by Gasteiger charge is 2.19. The lowest BCUT2D eigenvalue weighted by molar-refractivity contribution is 0.0519. The van der Waals surface area contributed by atoms with Gasteiger partial charge in [0.2, 0.25) is 0 Å². The van der Waals surface area contributed by atoms with E-state index < -0.39 is 18.0 Å². The Labute approximate surface area is 95.4 Å². The van der Waals surface area contributed by atoms with Crippen LogP contribution in [-0.4, -0.2) is 17.6 Å². The summed E-state index contributed by atoms with van der Waals surface area (Å²) in [6.07, 6.45) is -2.83. The first-order valence-corrected chi connectivity index (χ1v) is 4.76. The van der Waals surface area contributed by atoms with Gasteiger partial charge in [0.15, 0.2) is 10.8 Å². The smallest absolute Gasteiger partial charge is 0.356 e. The Morgan fingerprint density at radius 2 is 2.31 bits per heavy atom. The molecule has 0 fully saturated rings. The Bertz CT molecular complexity index is 413. The van der Waals surface area contributed by atoms with Gasteiger partial charge in [-0.15, -0.1) is 0 Å². The first-order chi connectivity index (χ1) is 7.47. The second kappa shape index (κ2) is 5.07. The molecule has 0 saturated carbocycles. The van der Waals surface area contributed by atoms with Crippen molar-refractivity contribution < 1.29 is 18.3 Å². The minimum absolute atomic E-state index is 0.118. The van der Waals surface area contributed by atoms with Crippen molar-refractivity contribution >= 4 is 23.3 Å². The van der Waals surface area contributed by atoms with Crippen LogP contribution in [-0.2, 0) is 4.74 Å². The number of nitrogen functional groups attached to an aromatic ring is 1. The molecule has 1 heterocycles. The van der Waals surface area contributed by atoms with Crippen LogP contribution in [0.1, 0.15) is 29.4 Å². The van der Waals surface area contributed by atoms with E-state index in [-0.39, 0.29) is 23.1 Å². The third-order valence-electron chi connectivity index (χ3n) is 1.76. The summed E-state index contributed by atoms with van der Waals surface area (Å²) in [7, 11) is 0. The van der Waals surface area contributed by atoms with E-state index in [9.17, 15) is 13.6 Å². The molecule has 2 N–H and O–H groups in total. The molecule has 0 spiro atoms. The van der Waals surface area contributed by atoms with Crippen molar-refractivity contribution in [1.82, 2.24) is 4.98 Å². The number of halogens is 3. The summed E-state index contributed by atoms with van der Waals surface area (Å²) in [6, 6.07) is 0.879. The number of ether oxygens (including phenoxy) is 1. The Hall–Kier alpha value is -1.43. The first kappa shape index (κ1) is 12.6. The van der Waals surface area contributed by atoms with Gasteiger partial charge in [0.1, 0.15) is 0 Å². The van der Waals surface area contributed by atoms with Crippen LogP contribution in [0.3, 0.4) is 0 Å². The number of alkyl halides is 2. The molecule has 88 valence electrons. The van der Waals surface area contributed by atoms with Crippen LogP contribution in [0, 0.1) is 0 Å². The highest BCUT2D eigenvalue weighted by Crippen LogP contribution is 2.30. The van der Waals surface area contributed by atoms with E-state index in [0.717, 1.165) is 6.07 Å². The summed E-state index contributed by atoms with van der Waals surface area (Å²) in [6.45, 7) is 1.71. The highest BCUT2D eigenvalue weighted by molar-refractivity contribution is 6.32. The maximum Gasteiger partial charge on any atom is 0.356 e.